The van der Waals surface area contributed by atoms with Crippen molar-refractivity contribution >= 4 is 5.91 Å². The molecule has 1 heterocycles. The molecule has 8 heteroatoms. The van der Waals surface area contributed by atoms with Crippen molar-refractivity contribution in [3.05, 3.63) is 29.3 Å². The second-order valence-electron chi connectivity index (χ2n) is 5.06. The number of halogens is 4. The molecule has 1 aliphatic heterocycles. The molecule has 4 nitrogen and oxygen atoms in total. The molecule has 1 unspecified atom stereocenters. The Balaban J connectivity index is 2.28. The number of carbonyl (C=O) groups is 1. The lowest BCUT2D eigenvalue weighted by Crippen LogP contribution is -2.41. The number of hydrogen-bond acceptors (Lipinski definition) is 3. The van der Waals surface area contributed by atoms with Gasteiger partial charge >= 0.3 is 6.61 Å². The Labute approximate surface area is 124 Å². The average Bonchev–Trinajstić information content (AvgIpc) is 2.50. The summed E-state index contributed by atoms with van der Waals surface area (Å²) in [5, 5.41) is 9.12. The van der Waals surface area contributed by atoms with E-state index in [1.54, 1.807) is 0 Å². The van der Waals surface area contributed by atoms with E-state index in [9.17, 15) is 22.4 Å². The summed E-state index contributed by atoms with van der Waals surface area (Å²) in [6, 6.07) is 1.42. The van der Waals surface area contributed by atoms with E-state index in [1.165, 1.54) is 4.90 Å². The number of piperidine rings is 1. The molecule has 1 aromatic rings. The molecule has 22 heavy (non-hydrogen) atoms. The van der Waals surface area contributed by atoms with Gasteiger partial charge in [-0.15, -0.1) is 0 Å². The van der Waals surface area contributed by atoms with Gasteiger partial charge in [0.1, 0.15) is 11.4 Å². The first-order valence-electron chi connectivity index (χ1n) is 6.77. The Morgan fingerprint density at radius 1 is 1.41 bits per heavy atom. The number of aliphatic hydroxyl groups excluding tert-OH is 1. The maximum atomic E-state index is 14.1. The van der Waals surface area contributed by atoms with Crippen LogP contribution in [0.2, 0.25) is 0 Å². The van der Waals surface area contributed by atoms with Crippen LogP contribution < -0.4 is 4.74 Å². The fourth-order valence-electron chi connectivity index (χ4n) is 2.47. The Kier molecular flexibility index (Phi) is 5.23. The molecule has 0 bridgehead atoms. The zero-order chi connectivity index (χ0) is 16.3. The molecule has 0 saturated carbocycles. The van der Waals surface area contributed by atoms with E-state index in [4.69, 9.17) is 5.11 Å². The first-order valence-corrected chi connectivity index (χ1v) is 6.77. The van der Waals surface area contributed by atoms with Gasteiger partial charge in [-0.3, -0.25) is 4.79 Å². The van der Waals surface area contributed by atoms with Crippen molar-refractivity contribution in [1.82, 2.24) is 4.90 Å². The molecule has 1 saturated heterocycles. The summed E-state index contributed by atoms with van der Waals surface area (Å²) in [7, 11) is 0. The predicted molar refractivity (Wildman–Crippen MR) is 68.7 cm³/mol. The van der Waals surface area contributed by atoms with Crippen molar-refractivity contribution in [3.63, 3.8) is 0 Å². The van der Waals surface area contributed by atoms with Crippen LogP contribution in [0.25, 0.3) is 0 Å². The van der Waals surface area contributed by atoms with Gasteiger partial charge in [0.25, 0.3) is 5.91 Å². The van der Waals surface area contributed by atoms with Crippen molar-refractivity contribution < 1.29 is 32.2 Å². The summed E-state index contributed by atoms with van der Waals surface area (Å²) in [6.07, 6.45) is 1.30. The van der Waals surface area contributed by atoms with Crippen molar-refractivity contribution in [1.29, 1.82) is 0 Å². The van der Waals surface area contributed by atoms with Crippen molar-refractivity contribution in [3.8, 4) is 5.75 Å². The number of alkyl halides is 2. The third-order valence-corrected chi connectivity index (χ3v) is 3.55. The number of ether oxygens (including phenoxy) is 1. The van der Waals surface area contributed by atoms with Crippen molar-refractivity contribution in [2.45, 2.75) is 19.5 Å². The highest BCUT2D eigenvalue weighted by molar-refractivity contribution is 5.95. The molecule has 1 N–H and O–H groups in total. The lowest BCUT2D eigenvalue weighted by atomic mass is 9.98. The first kappa shape index (κ1) is 16.5. The number of nitrogens with zero attached hydrogens (tertiary/aromatic N) is 1. The third-order valence-electron chi connectivity index (χ3n) is 3.55. The summed E-state index contributed by atoms with van der Waals surface area (Å²) in [5.41, 5.74) is -0.920. The van der Waals surface area contributed by atoms with Crippen LogP contribution >= 0.6 is 0 Å². The molecule has 1 amide bonds. The maximum Gasteiger partial charge on any atom is 0.387 e. The molecule has 122 valence electrons. The van der Waals surface area contributed by atoms with Gasteiger partial charge in [0.2, 0.25) is 0 Å². The molecular formula is C14H15F4NO3. The number of likely N-dealkylation sites (tertiary alicyclic amines) is 1. The summed E-state index contributed by atoms with van der Waals surface area (Å²) >= 11 is 0. The van der Waals surface area contributed by atoms with E-state index in [1.807, 2.05) is 0 Å². The molecule has 0 aromatic heterocycles. The van der Waals surface area contributed by atoms with E-state index in [-0.39, 0.29) is 25.6 Å². The van der Waals surface area contributed by atoms with Crippen LogP contribution in [0, 0.1) is 17.6 Å². The molecule has 2 rings (SSSR count). The van der Waals surface area contributed by atoms with Crippen LogP contribution in [0.3, 0.4) is 0 Å². The molecule has 0 spiro atoms. The fourth-order valence-corrected chi connectivity index (χ4v) is 2.47. The standard InChI is InChI=1S/C14H15F4NO3/c15-9-3-4-10(22-14(17)18)12(16)11(9)13(21)19-5-1-2-8(6-19)7-20/h3-4,8,14,20H,1-2,5-7H2. The average molecular weight is 321 g/mol. The van der Waals surface area contributed by atoms with Crippen LogP contribution in [0.1, 0.15) is 23.2 Å². The van der Waals surface area contributed by atoms with E-state index in [0.717, 1.165) is 0 Å². The fraction of sp³-hybridized carbons (Fsp3) is 0.500. The topological polar surface area (TPSA) is 49.8 Å². The number of rotatable bonds is 4. The van der Waals surface area contributed by atoms with Crippen LogP contribution in [-0.2, 0) is 0 Å². The molecule has 1 atom stereocenters. The highest BCUT2D eigenvalue weighted by atomic mass is 19.3. The molecule has 0 aliphatic carbocycles. The van der Waals surface area contributed by atoms with E-state index < -0.39 is 35.5 Å². The van der Waals surface area contributed by atoms with Crippen LogP contribution in [-0.4, -0.2) is 42.2 Å². The summed E-state index contributed by atoms with van der Waals surface area (Å²) in [6.45, 7) is -2.97. The quantitative estimate of drug-likeness (QED) is 0.867. The second kappa shape index (κ2) is 6.95. The van der Waals surface area contributed by atoms with Gasteiger partial charge in [-0.1, -0.05) is 0 Å². The summed E-state index contributed by atoms with van der Waals surface area (Å²) in [4.78, 5) is 13.5. The van der Waals surface area contributed by atoms with Gasteiger partial charge in [0.05, 0.1) is 0 Å². The van der Waals surface area contributed by atoms with Gasteiger partial charge in [-0.2, -0.15) is 8.78 Å². The number of aliphatic hydroxyl groups is 1. The van der Waals surface area contributed by atoms with Crippen molar-refractivity contribution in [2.75, 3.05) is 19.7 Å². The Morgan fingerprint density at radius 2 is 2.14 bits per heavy atom. The van der Waals surface area contributed by atoms with Gasteiger partial charge in [0.15, 0.2) is 11.6 Å². The molecular weight excluding hydrogens is 306 g/mol. The zero-order valence-corrected chi connectivity index (χ0v) is 11.6. The zero-order valence-electron chi connectivity index (χ0n) is 11.6. The first-order chi connectivity index (χ1) is 10.4. The highest BCUT2D eigenvalue weighted by Gasteiger charge is 2.29. The van der Waals surface area contributed by atoms with Gasteiger partial charge < -0.3 is 14.7 Å². The van der Waals surface area contributed by atoms with E-state index in [0.29, 0.717) is 25.0 Å². The largest absolute Gasteiger partial charge is 0.432 e. The van der Waals surface area contributed by atoms with Gasteiger partial charge in [-0.05, 0) is 30.9 Å². The lowest BCUT2D eigenvalue weighted by molar-refractivity contribution is -0.0523. The molecule has 1 aliphatic rings. The number of amides is 1. The molecule has 0 radical (unpaired) electrons. The predicted octanol–water partition coefficient (Wildman–Crippen LogP) is 2.41. The van der Waals surface area contributed by atoms with Crippen LogP contribution in [0.4, 0.5) is 17.6 Å². The van der Waals surface area contributed by atoms with E-state index >= 15 is 0 Å². The van der Waals surface area contributed by atoms with Crippen LogP contribution in [0.5, 0.6) is 5.75 Å². The lowest BCUT2D eigenvalue weighted by Gasteiger charge is -2.32. The van der Waals surface area contributed by atoms with Crippen LogP contribution in [0.15, 0.2) is 12.1 Å². The minimum atomic E-state index is -3.28. The Bertz CT molecular complexity index is 553. The molecule has 1 fully saturated rings. The minimum Gasteiger partial charge on any atom is -0.432 e. The number of benzene rings is 1. The normalized spacial score (nSPS) is 18.6. The third kappa shape index (κ3) is 3.49. The SMILES string of the molecule is O=C(c1c(F)ccc(OC(F)F)c1F)N1CCCC(CO)C1. The van der Waals surface area contributed by atoms with Gasteiger partial charge in [0, 0.05) is 19.7 Å². The smallest absolute Gasteiger partial charge is 0.387 e. The number of hydrogen-bond donors (Lipinski definition) is 1. The van der Waals surface area contributed by atoms with Crippen molar-refractivity contribution in [2.24, 2.45) is 5.92 Å². The maximum absolute atomic E-state index is 14.1. The Hall–Kier alpha value is -1.83. The monoisotopic (exact) mass is 321 g/mol. The summed E-state index contributed by atoms with van der Waals surface area (Å²) < 4.78 is 56.1. The Morgan fingerprint density at radius 3 is 2.77 bits per heavy atom. The van der Waals surface area contributed by atoms with Gasteiger partial charge in [-0.25, -0.2) is 8.78 Å². The molecule has 1 aromatic carbocycles. The minimum absolute atomic E-state index is 0.136. The number of carbonyl (C=O) groups excluding carboxylic acids is 1. The highest BCUT2D eigenvalue weighted by Crippen LogP contribution is 2.27. The van der Waals surface area contributed by atoms with E-state index in [2.05, 4.69) is 4.74 Å². The second-order valence-corrected chi connectivity index (χ2v) is 5.06. The summed E-state index contributed by atoms with van der Waals surface area (Å²) in [5.74, 6) is -4.57.